The van der Waals surface area contributed by atoms with Crippen LogP contribution in [0.3, 0.4) is 0 Å². The van der Waals surface area contributed by atoms with Crippen molar-refractivity contribution >= 4 is 29.0 Å². The Morgan fingerprint density at radius 1 is 1.04 bits per heavy atom. The first kappa shape index (κ1) is 16.9. The van der Waals surface area contributed by atoms with Gasteiger partial charge in [0.25, 0.3) is 0 Å². The fraction of sp³-hybridized carbons (Fsp3) is 0.174. The van der Waals surface area contributed by atoms with Crippen molar-refractivity contribution in [3.63, 3.8) is 0 Å². The number of hydrogen-bond donors (Lipinski definition) is 1. The zero-order valence-corrected chi connectivity index (χ0v) is 16.0. The van der Waals surface area contributed by atoms with Gasteiger partial charge in [-0.1, -0.05) is 48.6 Å². The summed E-state index contributed by atoms with van der Waals surface area (Å²) < 4.78 is 0. The first-order chi connectivity index (χ1) is 12.5. The van der Waals surface area contributed by atoms with E-state index < -0.39 is 0 Å². The number of nitrogens with zero attached hydrogens (tertiary/aromatic N) is 1. The van der Waals surface area contributed by atoms with Crippen LogP contribution in [0, 0.1) is 13.8 Å². The van der Waals surface area contributed by atoms with E-state index in [1.807, 2.05) is 18.2 Å². The summed E-state index contributed by atoms with van der Waals surface area (Å²) in [6.07, 6.45) is 6.37. The molecule has 0 bridgehead atoms. The molecule has 0 amide bonds. The number of para-hydroxylation sites is 1. The number of likely N-dealkylation sites (N-methyl/N-ethyl adjacent to an activating group) is 1. The molecule has 3 heteroatoms. The maximum Gasteiger partial charge on any atom is 0.217 e. The molecule has 0 saturated carbocycles. The first-order valence-electron chi connectivity index (χ1n) is 8.76. The molecule has 4 rings (SSSR count). The highest BCUT2D eigenvalue weighted by atomic mass is 32.1. The lowest BCUT2D eigenvalue weighted by molar-refractivity contribution is -0.106. The second kappa shape index (κ2) is 6.33. The molecule has 2 nitrogen and oxygen atoms in total. The number of benzene rings is 2. The molecule has 1 atom stereocenters. The van der Waals surface area contributed by atoms with Gasteiger partial charge in [-0.25, -0.2) is 0 Å². The van der Waals surface area contributed by atoms with Gasteiger partial charge >= 0.3 is 0 Å². The van der Waals surface area contributed by atoms with E-state index in [9.17, 15) is 4.79 Å². The molecule has 2 aromatic rings. The smallest absolute Gasteiger partial charge is 0.217 e. The van der Waals surface area contributed by atoms with Gasteiger partial charge < -0.3 is 4.90 Å². The Labute approximate surface area is 159 Å². The summed E-state index contributed by atoms with van der Waals surface area (Å²) in [4.78, 5) is 14.8. The number of hydrogen-bond acceptors (Lipinski definition) is 2. The molecule has 1 aliphatic heterocycles. The summed E-state index contributed by atoms with van der Waals surface area (Å²) in [6.45, 7) is 4.27. The molecule has 0 N–H and O–H groups in total. The number of rotatable bonds is 2. The molecule has 1 unspecified atom stereocenters. The Hall–Kier alpha value is -2.52. The Kier molecular flexibility index (Phi) is 4.12. The van der Waals surface area contributed by atoms with Crippen molar-refractivity contribution < 1.29 is 4.79 Å². The summed E-state index contributed by atoms with van der Waals surface area (Å²) in [5.41, 5.74) is 8.56. The van der Waals surface area contributed by atoms with Crippen LogP contribution in [0.1, 0.15) is 28.2 Å². The summed E-state index contributed by atoms with van der Waals surface area (Å²) in [6, 6.07) is 14.4. The standard InChI is InChI=1S/C23H21NOS/c1-14-8-6-9-15(2)20(14)17-11-7-13-19-21(17)22(23(25)26)16-10-4-5-12-18(16)24(19)3/h4-13,17H,1-3H3,(H,25,26). The van der Waals surface area contributed by atoms with Gasteiger partial charge in [-0.3, -0.25) is 4.79 Å². The molecule has 0 saturated heterocycles. The van der Waals surface area contributed by atoms with E-state index >= 15 is 0 Å². The maximum absolute atomic E-state index is 12.6. The van der Waals surface area contributed by atoms with Crippen LogP contribution in [0.5, 0.6) is 0 Å². The fourth-order valence-corrected chi connectivity index (χ4v) is 4.46. The molecule has 0 spiro atoms. The van der Waals surface area contributed by atoms with E-state index in [1.54, 1.807) is 0 Å². The summed E-state index contributed by atoms with van der Waals surface area (Å²) in [7, 11) is 2.06. The molecule has 130 valence electrons. The quantitative estimate of drug-likeness (QED) is 0.744. The Balaban J connectivity index is 2.06. The minimum Gasteiger partial charge on any atom is -0.344 e. The monoisotopic (exact) mass is 359 g/mol. The van der Waals surface area contributed by atoms with Crippen LogP contribution in [-0.4, -0.2) is 12.2 Å². The number of thiol groups is 1. The second-order valence-corrected chi connectivity index (χ2v) is 7.30. The predicted molar refractivity (Wildman–Crippen MR) is 112 cm³/mol. The molecule has 0 radical (unpaired) electrons. The Morgan fingerprint density at radius 3 is 2.42 bits per heavy atom. The highest BCUT2D eigenvalue weighted by Crippen LogP contribution is 2.48. The third-order valence-electron chi connectivity index (χ3n) is 5.38. The van der Waals surface area contributed by atoms with Gasteiger partial charge in [0, 0.05) is 35.5 Å². The first-order valence-corrected chi connectivity index (χ1v) is 9.21. The number of fused-ring (bicyclic) bond motifs is 2. The molecule has 1 aliphatic carbocycles. The summed E-state index contributed by atoms with van der Waals surface area (Å²) in [5, 5.41) is -0.182. The van der Waals surface area contributed by atoms with E-state index in [0.29, 0.717) is 5.57 Å². The fourth-order valence-electron chi connectivity index (χ4n) is 4.22. The van der Waals surface area contributed by atoms with Gasteiger partial charge in [-0.15, -0.1) is 12.6 Å². The molecule has 2 aromatic carbocycles. The molecule has 0 fully saturated rings. The van der Waals surface area contributed by atoms with Crippen LogP contribution in [0.15, 0.2) is 72.0 Å². The van der Waals surface area contributed by atoms with Crippen molar-refractivity contribution in [3.05, 3.63) is 94.2 Å². The van der Waals surface area contributed by atoms with Crippen LogP contribution in [0.4, 0.5) is 5.69 Å². The minimum atomic E-state index is -0.182. The van der Waals surface area contributed by atoms with Crippen LogP contribution >= 0.6 is 12.6 Å². The summed E-state index contributed by atoms with van der Waals surface area (Å²) in [5.74, 6) is 0.0399. The van der Waals surface area contributed by atoms with Gasteiger partial charge in [-0.05, 0) is 48.3 Å². The molecular weight excluding hydrogens is 338 g/mol. The van der Waals surface area contributed by atoms with Crippen molar-refractivity contribution in [1.29, 1.82) is 0 Å². The summed E-state index contributed by atoms with van der Waals surface area (Å²) >= 11 is 4.25. The molecule has 1 heterocycles. The van der Waals surface area contributed by atoms with Crippen molar-refractivity contribution in [2.75, 3.05) is 11.9 Å². The largest absolute Gasteiger partial charge is 0.344 e. The highest BCUT2D eigenvalue weighted by Gasteiger charge is 2.35. The number of carbonyl (C=O) groups excluding carboxylic acids is 1. The molecular formula is C23H21NOS. The molecule has 0 aromatic heterocycles. The van der Waals surface area contributed by atoms with E-state index in [1.165, 1.54) is 16.7 Å². The predicted octanol–water partition coefficient (Wildman–Crippen LogP) is 5.20. The van der Waals surface area contributed by atoms with Gasteiger partial charge in [0.2, 0.25) is 5.12 Å². The average Bonchev–Trinajstić information content (AvgIpc) is 2.62. The van der Waals surface area contributed by atoms with Gasteiger partial charge in [0.05, 0.1) is 0 Å². The lowest BCUT2D eigenvalue weighted by Crippen LogP contribution is -2.28. The number of aryl methyl sites for hydroxylation is 2. The normalized spacial score (nSPS) is 18.4. The zero-order chi connectivity index (χ0) is 18.4. The van der Waals surface area contributed by atoms with Crippen molar-refractivity contribution in [2.24, 2.45) is 0 Å². The van der Waals surface area contributed by atoms with Crippen LogP contribution in [-0.2, 0) is 4.79 Å². The highest BCUT2D eigenvalue weighted by molar-refractivity contribution is 7.98. The topological polar surface area (TPSA) is 20.3 Å². The van der Waals surface area contributed by atoms with Crippen molar-refractivity contribution in [3.8, 4) is 0 Å². The maximum atomic E-state index is 12.6. The van der Waals surface area contributed by atoms with Crippen LogP contribution in [0.2, 0.25) is 0 Å². The van der Waals surface area contributed by atoms with Crippen molar-refractivity contribution in [1.82, 2.24) is 0 Å². The molecule has 26 heavy (non-hydrogen) atoms. The molecule has 2 aliphatic rings. The third-order valence-corrected chi connectivity index (χ3v) is 5.60. The Morgan fingerprint density at radius 2 is 1.73 bits per heavy atom. The SMILES string of the molecule is Cc1cccc(C)c1C1C=CC=C2C1=C(C(=O)S)c1ccccc1N2C. The average molecular weight is 359 g/mol. The van der Waals surface area contributed by atoms with Gasteiger partial charge in [0.1, 0.15) is 0 Å². The third kappa shape index (κ3) is 2.46. The van der Waals surface area contributed by atoms with E-state index in [2.05, 4.69) is 80.9 Å². The van der Waals surface area contributed by atoms with Gasteiger partial charge in [0.15, 0.2) is 0 Å². The van der Waals surface area contributed by atoms with E-state index in [4.69, 9.17) is 0 Å². The lowest BCUT2D eigenvalue weighted by Gasteiger charge is -2.38. The number of anilines is 1. The number of carbonyl (C=O) groups is 1. The van der Waals surface area contributed by atoms with Crippen LogP contribution in [0.25, 0.3) is 5.57 Å². The number of allylic oxidation sites excluding steroid dienone is 4. The Bertz CT molecular complexity index is 992. The minimum absolute atomic E-state index is 0.0399. The second-order valence-electron chi connectivity index (χ2n) is 6.89. The van der Waals surface area contributed by atoms with Crippen LogP contribution < -0.4 is 4.90 Å². The van der Waals surface area contributed by atoms with Gasteiger partial charge in [-0.2, -0.15) is 0 Å². The van der Waals surface area contributed by atoms with E-state index in [-0.39, 0.29) is 11.0 Å². The van der Waals surface area contributed by atoms with Crippen molar-refractivity contribution in [2.45, 2.75) is 19.8 Å². The zero-order valence-electron chi connectivity index (χ0n) is 15.2. The van der Waals surface area contributed by atoms with E-state index in [0.717, 1.165) is 22.5 Å². The lowest BCUT2D eigenvalue weighted by atomic mass is 9.76.